The van der Waals surface area contributed by atoms with Gasteiger partial charge < -0.3 is 24.3 Å². The lowest BCUT2D eigenvalue weighted by molar-refractivity contribution is 0.0211. The van der Waals surface area contributed by atoms with Gasteiger partial charge in [0.1, 0.15) is 11.6 Å². The van der Waals surface area contributed by atoms with Crippen molar-refractivity contribution in [1.82, 2.24) is 19.9 Å². The molecule has 3 heterocycles. The predicted octanol–water partition coefficient (Wildman–Crippen LogP) is 3.01. The summed E-state index contributed by atoms with van der Waals surface area (Å²) in [4.78, 5) is 20.0. The lowest BCUT2D eigenvalue weighted by Gasteiger charge is -2.23. The molecule has 0 spiro atoms. The molecule has 0 saturated carbocycles. The number of ether oxygens (including phenoxy) is 2. The van der Waals surface area contributed by atoms with E-state index in [9.17, 15) is 4.79 Å². The number of imidazole rings is 1. The molecule has 0 bridgehead atoms. The van der Waals surface area contributed by atoms with Gasteiger partial charge >= 0.3 is 0 Å². The Morgan fingerprint density at radius 2 is 2.17 bits per heavy atom. The molecule has 0 radical (unpaired) electrons. The number of H-pyrrole nitrogens is 1. The van der Waals surface area contributed by atoms with Crippen LogP contribution in [0, 0.1) is 0 Å². The molecular formula is C20H26Cl2N4O3. The standard InChI is InChI=1S/C20H24N4O3.2ClH/c1-2-26-15-3-4-18-14(11-15)12-17(20(25)23-18)19-22-6-9-24(19)8-5-16-13-21-7-10-27-16;;/h3-4,6,9,11-12,16,21H,2,5,7-8,10,13H2,1H3,(H,23,25);2*1H. The van der Waals surface area contributed by atoms with E-state index in [4.69, 9.17) is 9.47 Å². The number of nitrogens with zero attached hydrogens (tertiary/aromatic N) is 2. The monoisotopic (exact) mass is 440 g/mol. The van der Waals surface area contributed by atoms with Gasteiger partial charge in [-0.15, -0.1) is 24.8 Å². The van der Waals surface area contributed by atoms with Gasteiger partial charge in [-0.05, 0) is 37.6 Å². The number of benzene rings is 1. The number of aryl methyl sites for hydroxylation is 1. The molecular weight excluding hydrogens is 415 g/mol. The Morgan fingerprint density at radius 1 is 1.31 bits per heavy atom. The number of pyridine rings is 1. The van der Waals surface area contributed by atoms with E-state index < -0.39 is 0 Å². The molecule has 4 rings (SSSR count). The first kappa shape index (κ1) is 23.2. The highest BCUT2D eigenvalue weighted by Gasteiger charge is 2.16. The second-order valence-corrected chi connectivity index (χ2v) is 6.62. The third-order valence-corrected chi connectivity index (χ3v) is 4.78. The van der Waals surface area contributed by atoms with Crippen LogP contribution in [0.2, 0.25) is 0 Å². The van der Waals surface area contributed by atoms with Gasteiger partial charge in [-0.3, -0.25) is 4.79 Å². The van der Waals surface area contributed by atoms with Crippen LogP contribution in [-0.4, -0.2) is 46.9 Å². The SMILES string of the molecule is CCOc1ccc2[nH]c(=O)c(-c3nccn3CCC3CNCCO3)cc2c1.Cl.Cl. The van der Waals surface area contributed by atoms with Crippen molar-refractivity contribution in [2.45, 2.75) is 26.0 Å². The van der Waals surface area contributed by atoms with E-state index in [1.807, 2.05) is 42.0 Å². The third kappa shape index (κ3) is 5.30. The number of halogens is 2. The van der Waals surface area contributed by atoms with Crippen molar-refractivity contribution in [3.63, 3.8) is 0 Å². The summed E-state index contributed by atoms with van der Waals surface area (Å²) in [5.74, 6) is 1.46. The molecule has 1 saturated heterocycles. The van der Waals surface area contributed by atoms with Crippen molar-refractivity contribution in [2.24, 2.45) is 0 Å². The summed E-state index contributed by atoms with van der Waals surface area (Å²) in [6.45, 7) is 5.81. The van der Waals surface area contributed by atoms with E-state index in [0.29, 0.717) is 18.0 Å². The predicted molar refractivity (Wildman–Crippen MR) is 119 cm³/mol. The summed E-state index contributed by atoms with van der Waals surface area (Å²) < 4.78 is 13.3. The zero-order valence-corrected chi connectivity index (χ0v) is 17.9. The topological polar surface area (TPSA) is 81.2 Å². The average Bonchev–Trinajstić information content (AvgIpc) is 3.15. The number of aromatic nitrogens is 3. The van der Waals surface area contributed by atoms with Gasteiger partial charge in [0.25, 0.3) is 5.56 Å². The summed E-state index contributed by atoms with van der Waals surface area (Å²) in [7, 11) is 0. The van der Waals surface area contributed by atoms with Gasteiger partial charge in [0.2, 0.25) is 0 Å². The van der Waals surface area contributed by atoms with Crippen LogP contribution in [0.1, 0.15) is 13.3 Å². The maximum absolute atomic E-state index is 12.6. The molecule has 29 heavy (non-hydrogen) atoms. The molecule has 1 aliphatic heterocycles. The molecule has 0 amide bonds. The number of nitrogens with one attached hydrogen (secondary N) is 2. The first-order valence-corrected chi connectivity index (χ1v) is 9.38. The molecule has 158 valence electrons. The van der Waals surface area contributed by atoms with E-state index in [1.165, 1.54) is 0 Å². The highest BCUT2D eigenvalue weighted by atomic mass is 35.5. The zero-order valence-electron chi connectivity index (χ0n) is 16.2. The van der Waals surface area contributed by atoms with Crippen LogP contribution in [0.25, 0.3) is 22.3 Å². The minimum atomic E-state index is -0.144. The Hall–Kier alpha value is -2.06. The van der Waals surface area contributed by atoms with E-state index in [2.05, 4.69) is 15.3 Å². The molecule has 1 unspecified atom stereocenters. The Labute approximate surface area is 181 Å². The Kier molecular flexibility index (Phi) is 8.52. The molecule has 3 aromatic rings. The maximum Gasteiger partial charge on any atom is 0.259 e. The summed E-state index contributed by atoms with van der Waals surface area (Å²) in [6, 6.07) is 7.55. The first-order valence-electron chi connectivity index (χ1n) is 9.38. The lowest BCUT2D eigenvalue weighted by atomic mass is 10.1. The van der Waals surface area contributed by atoms with Gasteiger partial charge in [0, 0.05) is 42.9 Å². The van der Waals surface area contributed by atoms with Crippen LogP contribution in [0.5, 0.6) is 5.75 Å². The van der Waals surface area contributed by atoms with Crippen LogP contribution in [-0.2, 0) is 11.3 Å². The van der Waals surface area contributed by atoms with Crippen LogP contribution in [0.15, 0.2) is 41.5 Å². The quantitative estimate of drug-likeness (QED) is 0.615. The van der Waals surface area contributed by atoms with Gasteiger partial charge in [0.15, 0.2) is 0 Å². The van der Waals surface area contributed by atoms with E-state index in [1.54, 1.807) is 6.20 Å². The average molecular weight is 441 g/mol. The Bertz CT molecular complexity index is 983. The van der Waals surface area contributed by atoms with Crippen molar-refractivity contribution >= 4 is 35.7 Å². The molecule has 1 aliphatic rings. The van der Waals surface area contributed by atoms with Crippen molar-refractivity contribution < 1.29 is 9.47 Å². The fraction of sp³-hybridized carbons (Fsp3) is 0.400. The summed E-state index contributed by atoms with van der Waals surface area (Å²) in [5.41, 5.74) is 1.20. The number of fused-ring (bicyclic) bond motifs is 1. The molecule has 9 heteroatoms. The highest BCUT2D eigenvalue weighted by molar-refractivity contribution is 5.85. The number of morpholine rings is 1. The fourth-order valence-electron chi connectivity index (χ4n) is 3.43. The van der Waals surface area contributed by atoms with E-state index >= 15 is 0 Å². The first-order chi connectivity index (χ1) is 13.2. The molecule has 0 aliphatic carbocycles. The third-order valence-electron chi connectivity index (χ3n) is 4.78. The Balaban J connectivity index is 0.00000150. The summed E-state index contributed by atoms with van der Waals surface area (Å²) in [6.07, 6.45) is 4.70. The maximum atomic E-state index is 12.6. The van der Waals surface area contributed by atoms with Crippen LogP contribution >= 0.6 is 24.8 Å². The molecule has 1 atom stereocenters. The van der Waals surface area contributed by atoms with Gasteiger partial charge in [-0.25, -0.2) is 4.98 Å². The van der Waals surface area contributed by atoms with E-state index in [-0.39, 0.29) is 36.5 Å². The van der Waals surface area contributed by atoms with Crippen molar-refractivity contribution in [3.8, 4) is 17.1 Å². The van der Waals surface area contributed by atoms with Crippen molar-refractivity contribution in [1.29, 1.82) is 0 Å². The highest BCUT2D eigenvalue weighted by Crippen LogP contribution is 2.23. The molecule has 2 aromatic heterocycles. The second-order valence-electron chi connectivity index (χ2n) is 6.62. The van der Waals surface area contributed by atoms with Crippen LogP contribution in [0.4, 0.5) is 0 Å². The largest absolute Gasteiger partial charge is 0.494 e. The second kappa shape index (κ2) is 10.6. The lowest BCUT2D eigenvalue weighted by Crippen LogP contribution is -2.38. The van der Waals surface area contributed by atoms with Crippen molar-refractivity contribution in [2.75, 3.05) is 26.3 Å². The number of aromatic amines is 1. The number of hydrogen-bond acceptors (Lipinski definition) is 5. The van der Waals surface area contributed by atoms with Crippen LogP contribution in [0.3, 0.4) is 0 Å². The fourth-order valence-corrected chi connectivity index (χ4v) is 3.43. The van der Waals surface area contributed by atoms with E-state index in [0.717, 1.165) is 49.3 Å². The molecule has 7 nitrogen and oxygen atoms in total. The number of hydrogen-bond donors (Lipinski definition) is 2. The zero-order chi connectivity index (χ0) is 18.6. The van der Waals surface area contributed by atoms with Gasteiger partial charge in [-0.2, -0.15) is 0 Å². The number of rotatable bonds is 6. The Morgan fingerprint density at radius 3 is 2.93 bits per heavy atom. The minimum absolute atomic E-state index is 0. The smallest absolute Gasteiger partial charge is 0.259 e. The summed E-state index contributed by atoms with van der Waals surface area (Å²) in [5, 5.41) is 4.26. The molecule has 1 fully saturated rings. The minimum Gasteiger partial charge on any atom is -0.494 e. The van der Waals surface area contributed by atoms with Gasteiger partial charge in [0.05, 0.1) is 24.9 Å². The molecule has 1 aromatic carbocycles. The van der Waals surface area contributed by atoms with Gasteiger partial charge in [-0.1, -0.05) is 0 Å². The van der Waals surface area contributed by atoms with Crippen LogP contribution < -0.4 is 15.6 Å². The van der Waals surface area contributed by atoms with Crippen molar-refractivity contribution in [3.05, 3.63) is 47.0 Å². The molecule has 2 N–H and O–H groups in total. The summed E-state index contributed by atoms with van der Waals surface area (Å²) >= 11 is 0. The normalized spacial score (nSPS) is 16.1.